The summed E-state index contributed by atoms with van der Waals surface area (Å²) in [5.41, 5.74) is 0.959. The second kappa shape index (κ2) is 7.14. The molecule has 24 heavy (non-hydrogen) atoms. The number of nitrogens with zero attached hydrogens (tertiary/aromatic N) is 1. The van der Waals surface area contributed by atoms with Crippen molar-refractivity contribution in [3.8, 4) is 11.5 Å². The van der Waals surface area contributed by atoms with E-state index in [0.717, 1.165) is 6.92 Å². The molecule has 0 radical (unpaired) electrons. The van der Waals surface area contributed by atoms with Crippen LogP contribution in [0.15, 0.2) is 12.1 Å². The summed E-state index contributed by atoms with van der Waals surface area (Å²) in [7, 11) is 2.72. The largest absolute Gasteiger partial charge is 0.493 e. The molecule has 3 atom stereocenters. The number of Topliss-reactive ketones (excluding diaryl/α,β-unsaturated/α-hetero) is 1. The molecule has 1 fully saturated rings. The zero-order valence-corrected chi connectivity index (χ0v) is 14.2. The molecule has 0 aromatic heterocycles. The first-order chi connectivity index (χ1) is 15.5. The lowest BCUT2D eigenvalue weighted by molar-refractivity contribution is -0.129. The summed E-state index contributed by atoms with van der Waals surface area (Å²) in [6.45, 7) is -2.40. The molecule has 2 aliphatic heterocycles. The van der Waals surface area contributed by atoms with E-state index in [2.05, 4.69) is 0 Å². The average molecular weight is 342 g/mol. The van der Waals surface area contributed by atoms with Crippen molar-refractivity contribution in [1.82, 2.24) is 4.90 Å². The molecule has 0 saturated carbocycles. The van der Waals surface area contributed by atoms with Crippen LogP contribution in [0.25, 0.3) is 0 Å². The van der Waals surface area contributed by atoms with E-state index in [1.165, 1.54) is 14.2 Å². The number of carbonyl (C=O) groups is 1. The van der Waals surface area contributed by atoms with E-state index in [-0.39, 0.29) is 36.5 Å². The molecule has 0 N–H and O–H groups in total. The summed E-state index contributed by atoms with van der Waals surface area (Å²) in [6, 6.07) is -0.621. The fourth-order valence-electron chi connectivity index (χ4n) is 3.37. The van der Waals surface area contributed by atoms with Crippen molar-refractivity contribution in [3.05, 3.63) is 23.2 Å². The average Bonchev–Trinajstić information content (AvgIpc) is 2.72. The maximum atomic E-state index is 13.3. The fourth-order valence-corrected chi connectivity index (χ4v) is 3.37. The van der Waals surface area contributed by atoms with Crippen molar-refractivity contribution in [3.63, 3.8) is 0 Å². The minimum Gasteiger partial charge on any atom is -0.493 e. The smallest absolute Gasteiger partial charge is 0.161 e. The van der Waals surface area contributed by atoms with Crippen molar-refractivity contribution >= 4 is 5.78 Å². The fraction of sp³-hybridized carbons (Fsp3) is 0.650. The van der Waals surface area contributed by atoms with Gasteiger partial charge in [-0.2, -0.15) is 0 Å². The van der Waals surface area contributed by atoms with Crippen molar-refractivity contribution < 1.29 is 28.0 Å². The van der Waals surface area contributed by atoms with Gasteiger partial charge in [-0.05, 0) is 41.9 Å². The van der Waals surface area contributed by atoms with E-state index in [0.29, 0.717) is 24.1 Å². The predicted octanol–water partition coefficient (Wildman–Crippen LogP) is 3.63. The monoisotopic (exact) mass is 341 g/mol. The summed E-state index contributed by atoms with van der Waals surface area (Å²) < 4.78 is 92.6. The normalized spacial score (nSPS) is 34.0. The van der Waals surface area contributed by atoms with Gasteiger partial charge in [-0.1, -0.05) is 20.1 Å². The second-order valence-electron chi connectivity index (χ2n) is 5.96. The van der Waals surface area contributed by atoms with Gasteiger partial charge in [0, 0.05) is 42.4 Å². The highest BCUT2D eigenvalue weighted by molar-refractivity contribution is 5.83. The van der Waals surface area contributed by atoms with Crippen LogP contribution in [0.3, 0.4) is 0 Å². The minimum atomic E-state index is -3.33. The summed E-state index contributed by atoms with van der Waals surface area (Å²) in [6.07, 6.45) is -5.73. The van der Waals surface area contributed by atoms with Crippen molar-refractivity contribution in [2.45, 2.75) is 45.4 Å². The molecule has 4 heteroatoms. The van der Waals surface area contributed by atoms with Gasteiger partial charge in [-0.25, -0.2) is 0 Å². The lowest BCUT2D eigenvalue weighted by Crippen LogP contribution is -2.46. The molecule has 2 aliphatic rings. The number of ether oxygens (including phenoxy) is 2. The number of rotatable bonds is 5. The first-order valence-corrected chi connectivity index (χ1v) is 7.96. The first-order valence-electron chi connectivity index (χ1n) is 13.0. The lowest BCUT2D eigenvalue weighted by atomic mass is 9.79. The molecule has 1 aromatic rings. The zero-order chi connectivity index (χ0) is 26.0. The van der Waals surface area contributed by atoms with Crippen LogP contribution in [0.5, 0.6) is 11.5 Å². The van der Waals surface area contributed by atoms with Gasteiger partial charge in [0.25, 0.3) is 0 Å². The van der Waals surface area contributed by atoms with E-state index < -0.39 is 43.2 Å². The number of carbonyl (C=O) groups excluding carboxylic acids is 1. The number of hydrogen-bond acceptors (Lipinski definition) is 4. The molecule has 0 aliphatic carbocycles. The third kappa shape index (κ3) is 3.16. The molecule has 2 heterocycles. The molecule has 132 valence electrons. The number of fused-ring (bicyclic) bond motifs is 3. The number of hydrogen-bond donors (Lipinski definition) is 0. The molecular weight excluding hydrogens is 302 g/mol. The van der Waals surface area contributed by atoms with Crippen molar-refractivity contribution in [1.29, 1.82) is 0 Å². The minimum absolute atomic E-state index is 0.0310. The van der Waals surface area contributed by atoms with Crippen molar-refractivity contribution in [2.75, 3.05) is 27.3 Å². The van der Waals surface area contributed by atoms with E-state index >= 15 is 0 Å². The van der Waals surface area contributed by atoms with Gasteiger partial charge < -0.3 is 9.47 Å². The van der Waals surface area contributed by atoms with E-state index in [1.54, 1.807) is 4.90 Å². The van der Waals surface area contributed by atoms with Gasteiger partial charge in [0.1, 0.15) is 5.78 Å². The van der Waals surface area contributed by atoms with Gasteiger partial charge >= 0.3 is 0 Å². The molecule has 4 nitrogen and oxygen atoms in total. The van der Waals surface area contributed by atoms with Crippen LogP contribution in [0.4, 0.5) is 0 Å². The Bertz CT molecular complexity index is 975. The maximum absolute atomic E-state index is 13.3. The molecular formula is C20H29NO3. The summed E-state index contributed by atoms with van der Waals surface area (Å²) in [4.78, 5) is 15.0. The Morgan fingerprint density at radius 3 is 2.88 bits per heavy atom. The Morgan fingerprint density at radius 1 is 1.46 bits per heavy atom. The predicted molar refractivity (Wildman–Crippen MR) is 94.8 cm³/mol. The molecule has 0 bridgehead atoms. The van der Waals surface area contributed by atoms with E-state index in [4.69, 9.17) is 23.2 Å². The Balaban J connectivity index is 2.07. The quantitative estimate of drug-likeness (QED) is 0.820. The van der Waals surface area contributed by atoms with E-state index in [9.17, 15) is 4.79 Å². The first kappa shape index (κ1) is 8.70. The zero-order valence-electron chi connectivity index (χ0n) is 24.2. The maximum Gasteiger partial charge on any atom is 0.161 e. The van der Waals surface area contributed by atoms with Gasteiger partial charge in [-0.3, -0.25) is 9.69 Å². The molecule has 0 spiro atoms. The highest BCUT2D eigenvalue weighted by Crippen LogP contribution is 2.42. The van der Waals surface area contributed by atoms with Crippen LogP contribution in [-0.2, 0) is 11.2 Å². The van der Waals surface area contributed by atoms with Crippen LogP contribution >= 0.6 is 0 Å². The highest BCUT2D eigenvalue weighted by atomic mass is 16.5. The lowest BCUT2D eigenvalue weighted by Gasteiger charge is -2.43. The van der Waals surface area contributed by atoms with Gasteiger partial charge in [0.2, 0.25) is 0 Å². The molecule has 3 unspecified atom stereocenters. The highest BCUT2D eigenvalue weighted by Gasteiger charge is 2.38. The van der Waals surface area contributed by atoms with Crippen LogP contribution in [0.1, 0.15) is 63.8 Å². The Labute approximate surface area is 159 Å². The molecule has 1 saturated heterocycles. The number of ketones is 1. The van der Waals surface area contributed by atoms with Gasteiger partial charge in [0.05, 0.1) is 17.0 Å². The van der Waals surface area contributed by atoms with Crippen LogP contribution < -0.4 is 9.47 Å². The SMILES string of the molecule is [2H]c1c2c(c([2H])c(OC)c1OC)C1CC(=O)C(C([2H])([2H])C([2H])(C([2H])([2H])[2H])C([2H])([2H])C)CN1CC2. The second-order valence-corrected chi connectivity index (χ2v) is 5.96. The number of methoxy groups -OCH3 is 2. The molecule has 0 amide bonds. The Kier molecular flexibility index (Phi) is 2.59. The summed E-state index contributed by atoms with van der Waals surface area (Å²) in [5.74, 6) is -5.21. The van der Waals surface area contributed by atoms with Gasteiger partial charge in [-0.15, -0.1) is 0 Å². The van der Waals surface area contributed by atoms with Crippen molar-refractivity contribution in [2.24, 2.45) is 11.8 Å². The number of piperidine rings is 1. The molecule has 1 aromatic carbocycles. The van der Waals surface area contributed by atoms with Crippen LogP contribution in [0, 0.1) is 11.8 Å². The summed E-state index contributed by atoms with van der Waals surface area (Å²) >= 11 is 0. The Hall–Kier alpha value is -1.55. The van der Waals surface area contributed by atoms with E-state index in [1.807, 2.05) is 0 Å². The van der Waals surface area contributed by atoms with Gasteiger partial charge in [0.15, 0.2) is 11.5 Å². The van der Waals surface area contributed by atoms with Crippen LogP contribution in [0.2, 0.25) is 0 Å². The topological polar surface area (TPSA) is 38.8 Å². The third-order valence-electron chi connectivity index (χ3n) is 4.64. The van der Waals surface area contributed by atoms with Crippen LogP contribution in [-0.4, -0.2) is 38.0 Å². The third-order valence-corrected chi connectivity index (χ3v) is 4.64. The Morgan fingerprint density at radius 2 is 2.21 bits per heavy atom. The summed E-state index contributed by atoms with van der Waals surface area (Å²) in [5, 5.41) is 0. The molecule has 3 rings (SSSR count). The standard InChI is InChI=1S/C20H29NO3/c1-5-13(2)8-15-12-21-7-6-14-9-19(23-3)20(24-4)10-16(14)17(21)11-18(15)22/h9-10,13,15,17H,5-8,11-12H2,1-4H3/i2D3,5D2,8D2,9D,10D,13D. The number of benzene rings is 1.